The third-order valence-electron chi connectivity index (χ3n) is 5.51. The zero-order valence-corrected chi connectivity index (χ0v) is 16.0. The molecule has 0 bridgehead atoms. The van der Waals surface area contributed by atoms with E-state index in [0.29, 0.717) is 10.9 Å². The first kappa shape index (κ1) is 18.7. The van der Waals surface area contributed by atoms with Crippen LogP contribution in [0.1, 0.15) is 17.9 Å². The maximum Gasteiger partial charge on any atom is 0.243 e. The highest BCUT2D eigenvalue weighted by Gasteiger charge is 2.41. The van der Waals surface area contributed by atoms with Crippen LogP contribution in [0.5, 0.6) is 5.75 Å². The van der Waals surface area contributed by atoms with E-state index in [1.165, 1.54) is 4.31 Å². The number of nitrogens with zero attached hydrogens (tertiary/aromatic N) is 1. The molecule has 3 aromatic carbocycles. The number of phenolic OH excluding ortho intramolecular Hbond substituents is 1. The molecular weight excluding hydrogens is 374 g/mol. The number of aromatic hydroxyl groups is 1. The zero-order chi connectivity index (χ0) is 19.7. The van der Waals surface area contributed by atoms with E-state index in [2.05, 4.69) is 0 Å². The number of para-hydroxylation sites is 1. The number of phenols is 1. The number of hydrogen-bond acceptors (Lipinski definition) is 4. The van der Waals surface area contributed by atoms with E-state index in [1.54, 1.807) is 30.3 Å². The van der Waals surface area contributed by atoms with Crippen LogP contribution in [0.25, 0.3) is 10.8 Å². The standard InChI is InChI=1S/C22H21NO4S/c24-13-12-17-14-23(15-20(17)19-9-3-4-10-21(19)25)28(26,27)22-11-5-7-16-6-1-2-8-18(16)22/h1-11,13,17,20,25H,12,14-15H2/t17-,20+/m0/s1. The fourth-order valence-electron chi connectivity index (χ4n) is 4.10. The molecular formula is C22H21NO4S. The summed E-state index contributed by atoms with van der Waals surface area (Å²) in [5.41, 5.74) is 0.685. The number of carbonyl (C=O) groups is 1. The van der Waals surface area contributed by atoms with Crippen molar-refractivity contribution in [3.63, 3.8) is 0 Å². The van der Waals surface area contributed by atoms with Crippen molar-refractivity contribution in [1.82, 2.24) is 4.31 Å². The Hall–Kier alpha value is -2.70. The highest BCUT2D eigenvalue weighted by molar-refractivity contribution is 7.89. The highest BCUT2D eigenvalue weighted by Crippen LogP contribution is 2.40. The molecule has 5 nitrogen and oxygen atoms in total. The molecule has 0 unspecified atom stereocenters. The third-order valence-corrected chi connectivity index (χ3v) is 7.40. The van der Waals surface area contributed by atoms with Crippen molar-refractivity contribution in [3.05, 3.63) is 72.3 Å². The smallest absolute Gasteiger partial charge is 0.243 e. The summed E-state index contributed by atoms with van der Waals surface area (Å²) in [5, 5.41) is 11.8. The summed E-state index contributed by atoms with van der Waals surface area (Å²) in [6, 6.07) is 19.6. The van der Waals surface area contributed by atoms with Gasteiger partial charge in [-0.3, -0.25) is 0 Å². The van der Waals surface area contributed by atoms with Crippen LogP contribution in [-0.4, -0.2) is 37.2 Å². The quantitative estimate of drug-likeness (QED) is 0.671. The summed E-state index contributed by atoms with van der Waals surface area (Å²) in [6.07, 6.45) is 1.08. The maximum atomic E-state index is 13.4. The Morgan fingerprint density at radius 3 is 2.46 bits per heavy atom. The minimum Gasteiger partial charge on any atom is -0.508 e. The summed E-state index contributed by atoms with van der Waals surface area (Å²) in [5.74, 6) is -0.264. The number of sulfonamides is 1. The van der Waals surface area contributed by atoms with Gasteiger partial charge in [0.2, 0.25) is 10.0 Å². The lowest BCUT2D eigenvalue weighted by Gasteiger charge is -2.18. The molecule has 0 amide bonds. The fourth-order valence-corrected chi connectivity index (χ4v) is 5.84. The van der Waals surface area contributed by atoms with Crippen LogP contribution in [0, 0.1) is 5.92 Å². The zero-order valence-electron chi connectivity index (χ0n) is 15.2. The molecule has 1 fully saturated rings. The van der Waals surface area contributed by atoms with Gasteiger partial charge in [-0.25, -0.2) is 8.42 Å². The average molecular weight is 395 g/mol. The van der Waals surface area contributed by atoms with Crippen LogP contribution in [0.3, 0.4) is 0 Å². The molecule has 3 aromatic rings. The first-order chi connectivity index (χ1) is 13.5. The minimum absolute atomic E-state index is 0.132. The van der Waals surface area contributed by atoms with Crippen molar-refractivity contribution < 1.29 is 18.3 Å². The van der Waals surface area contributed by atoms with Crippen molar-refractivity contribution in [2.24, 2.45) is 5.92 Å². The predicted molar refractivity (Wildman–Crippen MR) is 108 cm³/mol. The van der Waals surface area contributed by atoms with Gasteiger partial charge in [-0.2, -0.15) is 4.31 Å². The molecule has 1 heterocycles. The molecule has 1 N–H and O–H groups in total. The van der Waals surface area contributed by atoms with E-state index in [9.17, 15) is 18.3 Å². The Bertz CT molecular complexity index is 1120. The van der Waals surface area contributed by atoms with E-state index < -0.39 is 10.0 Å². The molecule has 1 aliphatic rings. The van der Waals surface area contributed by atoms with Crippen LogP contribution in [0.4, 0.5) is 0 Å². The maximum absolute atomic E-state index is 13.4. The summed E-state index contributed by atoms with van der Waals surface area (Å²) < 4.78 is 28.3. The lowest BCUT2D eigenvalue weighted by Crippen LogP contribution is -2.29. The second-order valence-corrected chi connectivity index (χ2v) is 9.03. The van der Waals surface area contributed by atoms with Crippen molar-refractivity contribution in [2.45, 2.75) is 17.2 Å². The Morgan fingerprint density at radius 1 is 0.964 bits per heavy atom. The first-order valence-electron chi connectivity index (χ1n) is 9.22. The predicted octanol–water partition coefficient (Wildman–Crippen LogP) is 3.54. The van der Waals surface area contributed by atoms with Crippen LogP contribution in [0.2, 0.25) is 0 Å². The van der Waals surface area contributed by atoms with Gasteiger partial charge in [0.15, 0.2) is 0 Å². The molecule has 0 radical (unpaired) electrons. The van der Waals surface area contributed by atoms with Gasteiger partial charge in [0.1, 0.15) is 12.0 Å². The molecule has 1 aliphatic heterocycles. The van der Waals surface area contributed by atoms with Crippen LogP contribution < -0.4 is 0 Å². The van der Waals surface area contributed by atoms with Crippen molar-refractivity contribution in [3.8, 4) is 5.75 Å². The van der Waals surface area contributed by atoms with E-state index >= 15 is 0 Å². The molecule has 0 saturated carbocycles. The normalized spacial score (nSPS) is 20.4. The second-order valence-electron chi connectivity index (χ2n) is 7.13. The molecule has 0 aliphatic carbocycles. The average Bonchev–Trinajstić information content (AvgIpc) is 3.13. The summed E-state index contributed by atoms with van der Waals surface area (Å²) in [6.45, 7) is 0.491. The molecule has 0 aromatic heterocycles. The summed E-state index contributed by atoms with van der Waals surface area (Å²) in [4.78, 5) is 11.5. The van der Waals surface area contributed by atoms with E-state index in [-0.39, 0.29) is 42.0 Å². The highest BCUT2D eigenvalue weighted by atomic mass is 32.2. The Balaban J connectivity index is 1.74. The number of rotatable bonds is 5. The van der Waals surface area contributed by atoms with Crippen LogP contribution in [0.15, 0.2) is 71.6 Å². The van der Waals surface area contributed by atoms with Gasteiger partial charge in [0, 0.05) is 30.8 Å². The van der Waals surface area contributed by atoms with Crippen LogP contribution >= 0.6 is 0 Å². The van der Waals surface area contributed by atoms with E-state index in [4.69, 9.17) is 0 Å². The molecule has 2 atom stereocenters. The summed E-state index contributed by atoms with van der Waals surface area (Å²) in [7, 11) is -3.73. The van der Waals surface area contributed by atoms with Gasteiger partial charge in [-0.1, -0.05) is 54.6 Å². The topological polar surface area (TPSA) is 74.7 Å². The molecule has 4 rings (SSSR count). The minimum atomic E-state index is -3.73. The van der Waals surface area contributed by atoms with Gasteiger partial charge in [-0.15, -0.1) is 0 Å². The Labute approximate surface area is 164 Å². The summed E-state index contributed by atoms with van der Waals surface area (Å²) >= 11 is 0. The molecule has 0 spiro atoms. The van der Waals surface area contributed by atoms with Crippen molar-refractivity contribution in [1.29, 1.82) is 0 Å². The third kappa shape index (κ3) is 3.19. The largest absolute Gasteiger partial charge is 0.508 e. The van der Waals surface area contributed by atoms with Crippen molar-refractivity contribution >= 4 is 27.1 Å². The van der Waals surface area contributed by atoms with Gasteiger partial charge < -0.3 is 9.90 Å². The van der Waals surface area contributed by atoms with Gasteiger partial charge in [0.05, 0.1) is 4.90 Å². The lowest BCUT2D eigenvalue weighted by atomic mass is 9.87. The molecule has 28 heavy (non-hydrogen) atoms. The SMILES string of the molecule is O=CC[C@H]1CN(S(=O)(=O)c2cccc3ccccc23)C[C@H]1c1ccccc1O. The number of carbonyl (C=O) groups excluding carboxylic acids is 1. The number of benzene rings is 3. The van der Waals surface area contributed by atoms with Gasteiger partial charge >= 0.3 is 0 Å². The number of aldehydes is 1. The van der Waals surface area contributed by atoms with Crippen LogP contribution in [-0.2, 0) is 14.8 Å². The number of fused-ring (bicyclic) bond motifs is 1. The van der Waals surface area contributed by atoms with E-state index in [0.717, 1.165) is 11.7 Å². The van der Waals surface area contributed by atoms with Gasteiger partial charge in [0.25, 0.3) is 0 Å². The number of hydrogen-bond donors (Lipinski definition) is 1. The van der Waals surface area contributed by atoms with E-state index in [1.807, 2.05) is 36.4 Å². The Kier molecular flexibility index (Phi) is 4.91. The Morgan fingerprint density at radius 2 is 1.68 bits per heavy atom. The molecule has 1 saturated heterocycles. The first-order valence-corrected chi connectivity index (χ1v) is 10.7. The molecule has 144 valence electrons. The second kappa shape index (κ2) is 7.37. The van der Waals surface area contributed by atoms with Crippen molar-refractivity contribution in [2.75, 3.05) is 13.1 Å². The monoisotopic (exact) mass is 395 g/mol. The molecule has 6 heteroatoms. The van der Waals surface area contributed by atoms with Gasteiger partial charge in [-0.05, 0) is 29.0 Å². The fraction of sp³-hybridized carbons (Fsp3) is 0.227. The lowest BCUT2D eigenvalue weighted by molar-refractivity contribution is -0.108.